The highest BCUT2D eigenvalue weighted by molar-refractivity contribution is 7.17. The first-order chi connectivity index (χ1) is 17.2. The number of carbonyl (C=O) groups is 3. The van der Waals surface area contributed by atoms with E-state index in [0.717, 1.165) is 16.2 Å². The van der Waals surface area contributed by atoms with Gasteiger partial charge in [0.15, 0.2) is 5.13 Å². The molecule has 0 aliphatic carbocycles. The zero-order valence-corrected chi connectivity index (χ0v) is 20.1. The third-order valence-electron chi connectivity index (χ3n) is 5.57. The third kappa shape index (κ3) is 4.18. The number of Topliss-reactive ketones (excluding diaryl/α,β-unsaturated/α-hetero) is 1. The molecule has 1 amide bonds. The first-order valence-corrected chi connectivity index (χ1v) is 11.2. The topological polar surface area (TPSA) is 149 Å². The van der Waals surface area contributed by atoms with Crippen LogP contribution in [0.1, 0.15) is 32.5 Å². The highest BCUT2D eigenvalue weighted by atomic mass is 32.1. The number of benzene rings is 2. The van der Waals surface area contributed by atoms with E-state index in [0.29, 0.717) is 17.0 Å². The molecule has 0 radical (unpaired) electrons. The van der Waals surface area contributed by atoms with Gasteiger partial charge in [-0.25, -0.2) is 9.78 Å². The summed E-state index contributed by atoms with van der Waals surface area (Å²) in [4.78, 5) is 54.7. The number of non-ortho nitro benzene ring substituents is 1. The van der Waals surface area contributed by atoms with E-state index in [1.54, 1.807) is 25.1 Å². The van der Waals surface area contributed by atoms with Crippen molar-refractivity contribution in [3.05, 3.63) is 85.9 Å². The van der Waals surface area contributed by atoms with Crippen molar-refractivity contribution in [3.63, 3.8) is 0 Å². The quantitative estimate of drug-likeness (QED) is 0.131. The van der Waals surface area contributed by atoms with Gasteiger partial charge in [-0.2, -0.15) is 0 Å². The molecule has 12 heteroatoms. The molecule has 3 aromatic rings. The Hall–Kier alpha value is -4.58. The number of nitro benzene ring substituents is 1. The average molecular weight is 509 g/mol. The van der Waals surface area contributed by atoms with Crippen LogP contribution in [-0.2, 0) is 14.3 Å². The van der Waals surface area contributed by atoms with Crippen LogP contribution in [0.25, 0.3) is 5.76 Å². The van der Waals surface area contributed by atoms with Crippen LogP contribution in [0.5, 0.6) is 5.75 Å². The first-order valence-electron chi connectivity index (χ1n) is 10.4. The SMILES string of the molecule is COC(=O)c1sc(N2C(=O)C(=O)C(=C(O)c3cccc(OC)c3)[C@@H]2c2ccc([N+](=O)[O-])cc2)nc1C. The maximum atomic E-state index is 13.2. The molecule has 1 aromatic heterocycles. The van der Waals surface area contributed by atoms with Gasteiger partial charge in [0.05, 0.1) is 36.5 Å². The summed E-state index contributed by atoms with van der Waals surface area (Å²) in [6.45, 7) is 1.56. The number of esters is 1. The summed E-state index contributed by atoms with van der Waals surface area (Å²) in [5, 5.41) is 22.4. The average Bonchev–Trinajstić information content (AvgIpc) is 3.39. The summed E-state index contributed by atoms with van der Waals surface area (Å²) >= 11 is 0.852. The number of carbonyl (C=O) groups excluding carboxylic acids is 3. The number of aryl methyl sites for hydroxylation is 1. The number of ketones is 1. The van der Waals surface area contributed by atoms with Gasteiger partial charge in [0, 0.05) is 17.7 Å². The summed E-state index contributed by atoms with van der Waals surface area (Å²) < 4.78 is 9.95. The maximum Gasteiger partial charge on any atom is 0.350 e. The second kappa shape index (κ2) is 9.58. The number of nitrogens with zero attached hydrogens (tertiary/aromatic N) is 3. The van der Waals surface area contributed by atoms with E-state index in [-0.39, 0.29) is 26.8 Å². The Labute approximate surface area is 208 Å². The van der Waals surface area contributed by atoms with Gasteiger partial charge in [-0.15, -0.1) is 0 Å². The molecule has 184 valence electrons. The van der Waals surface area contributed by atoms with Crippen LogP contribution in [-0.4, -0.2) is 46.9 Å². The van der Waals surface area contributed by atoms with Crippen LogP contribution in [0, 0.1) is 17.0 Å². The molecule has 0 unspecified atom stereocenters. The predicted molar refractivity (Wildman–Crippen MR) is 129 cm³/mol. The highest BCUT2D eigenvalue weighted by Crippen LogP contribution is 2.44. The monoisotopic (exact) mass is 509 g/mol. The second-order valence-electron chi connectivity index (χ2n) is 7.65. The number of hydrogen-bond donors (Lipinski definition) is 1. The molecule has 0 saturated carbocycles. The van der Waals surface area contributed by atoms with E-state index in [4.69, 9.17) is 9.47 Å². The van der Waals surface area contributed by atoms with E-state index in [1.807, 2.05) is 0 Å². The lowest BCUT2D eigenvalue weighted by atomic mass is 9.95. The number of anilines is 1. The minimum absolute atomic E-state index is 0.0306. The highest BCUT2D eigenvalue weighted by Gasteiger charge is 2.48. The number of aromatic nitrogens is 1. The lowest BCUT2D eigenvalue weighted by Crippen LogP contribution is -2.29. The van der Waals surface area contributed by atoms with Crippen LogP contribution in [0.15, 0.2) is 54.1 Å². The fourth-order valence-corrected chi connectivity index (χ4v) is 4.83. The van der Waals surface area contributed by atoms with Gasteiger partial charge < -0.3 is 14.6 Å². The molecule has 36 heavy (non-hydrogen) atoms. The number of hydrogen-bond acceptors (Lipinski definition) is 10. The minimum atomic E-state index is -1.17. The molecule has 2 heterocycles. The Kier molecular flexibility index (Phi) is 6.53. The van der Waals surface area contributed by atoms with Crippen molar-refractivity contribution in [2.24, 2.45) is 0 Å². The largest absolute Gasteiger partial charge is 0.507 e. The number of aliphatic hydroxyl groups excluding tert-OH is 1. The van der Waals surface area contributed by atoms with Crippen LogP contribution >= 0.6 is 11.3 Å². The fraction of sp³-hybridized carbons (Fsp3) is 0.167. The predicted octanol–water partition coefficient (Wildman–Crippen LogP) is 3.78. The maximum absolute atomic E-state index is 13.2. The lowest BCUT2D eigenvalue weighted by Gasteiger charge is -2.23. The Morgan fingerprint density at radius 2 is 1.86 bits per heavy atom. The number of aliphatic hydroxyl groups is 1. The van der Waals surface area contributed by atoms with Gasteiger partial charge in [0.2, 0.25) is 0 Å². The molecule has 1 aliphatic rings. The van der Waals surface area contributed by atoms with Crippen LogP contribution in [0.4, 0.5) is 10.8 Å². The number of thiazole rings is 1. The van der Waals surface area contributed by atoms with Crippen molar-refractivity contribution >= 4 is 45.6 Å². The molecule has 1 aliphatic heterocycles. The normalized spacial score (nSPS) is 16.8. The van der Waals surface area contributed by atoms with Crippen molar-refractivity contribution in [2.45, 2.75) is 13.0 Å². The number of nitro groups is 1. The summed E-state index contributed by atoms with van der Waals surface area (Å²) in [5.41, 5.74) is 0.400. The minimum Gasteiger partial charge on any atom is -0.507 e. The number of amides is 1. The van der Waals surface area contributed by atoms with Crippen LogP contribution in [0.2, 0.25) is 0 Å². The van der Waals surface area contributed by atoms with Crippen molar-refractivity contribution < 1.29 is 33.9 Å². The molecule has 1 N–H and O–H groups in total. The molecule has 1 atom stereocenters. The van der Waals surface area contributed by atoms with E-state index in [9.17, 15) is 29.6 Å². The summed E-state index contributed by atoms with van der Waals surface area (Å²) in [6, 6.07) is 10.4. The number of methoxy groups -OCH3 is 2. The third-order valence-corrected chi connectivity index (χ3v) is 6.71. The summed E-state index contributed by atoms with van der Waals surface area (Å²) in [6.07, 6.45) is 0. The molecule has 2 aromatic carbocycles. The molecule has 0 spiro atoms. The van der Waals surface area contributed by atoms with Gasteiger partial charge in [0.25, 0.3) is 11.5 Å². The van der Waals surface area contributed by atoms with Crippen molar-refractivity contribution in [3.8, 4) is 5.75 Å². The van der Waals surface area contributed by atoms with Crippen molar-refractivity contribution in [2.75, 3.05) is 19.1 Å². The second-order valence-corrected chi connectivity index (χ2v) is 8.63. The fourth-order valence-electron chi connectivity index (χ4n) is 3.82. The Morgan fingerprint density at radius 1 is 1.17 bits per heavy atom. The summed E-state index contributed by atoms with van der Waals surface area (Å²) in [7, 11) is 2.65. The molecule has 4 rings (SSSR count). The van der Waals surface area contributed by atoms with E-state index in [1.165, 1.54) is 44.6 Å². The molecule has 11 nitrogen and oxygen atoms in total. The Morgan fingerprint density at radius 3 is 2.47 bits per heavy atom. The Balaban J connectivity index is 1.94. The zero-order chi connectivity index (χ0) is 26.1. The molecular weight excluding hydrogens is 490 g/mol. The lowest BCUT2D eigenvalue weighted by molar-refractivity contribution is -0.384. The van der Waals surface area contributed by atoms with Crippen molar-refractivity contribution in [1.29, 1.82) is 0 Å². The molecular formula is C24H19N3O8S. The molecule has 1 saturated heterocycles. The van der Waals surface area contributed by atoms with Gasteiger partial charge >= 0.3 is 11.9 Å². The molecule has 0 bridgehead atoms. The van der Waals surface area contributed by atoms with Gasteiger partial charge in [0.1, 0.15) is 16.4 Å². The van der Waals surface area contributed by atoms with Crippen LogP contribution < -0.4 is 9.64 Å². The standard InChI is InChI=1S/C24H19N3O8S/c1-12-21(23(31)35-3)36-24(25-12)26-18(13-7-9-15(10-8-13)27(32)33)17(20(29)22(26)30)19(28)14-5-4-6-16(11-14)34-2/h4-11,18,28H,1-3H3/t18-/m0/s1. The summed E-state index contributed by atoms with van der Waals surface area (Å²) in [5.74, 6) is -2.66. The van der Waals surface area contributed by atoms with E-state index in [2.05, 4.69) is 4.98 Å². The zero-order valence-electron chi connectivity index (χ0n) is 19.3. The van der Waals surface area contributed by atoms with Gasteiger partial charge in [-0.1, -0.05) is 23.5 Å². The van der Waals surface area contributed by atoms with Gasteiger partial charge in [-0.3, -0.25) is 24.6 Å². The van der Waals surface area contributed by atoms with E-state index >= 15 is 0 Å². The first kappa shape index (κ1) is 24.5. The van der Waals surface area contributed by atoms with Gasteiger partial charge in [-0.05, 0) is 36.8 Å². The smallest absolute Gasteiger partial charge is 0.350 e. The molecule has 1 fully saturated rings. The van der Waals surface area contributed by atoms with Crippen LogP contribution in [0.3, 0.4) is 0 Å². The van der Waals surface area contributed by atoms with E-state index < -0.39 is 34.4 Å². The Bertz CT molecular complexity index is 1430. The number of ether oxygens (including phenoxy) is 2. The number of rotatable bonds is 6. The van der Waals surface area contributed by atoms with Crippen molar-refractivity contribution in [1.82, 2.24) is 4.98 Å².